The van der Waals surface area contributed by atoms with Crippen molar-refractivity contribution in [2.75, 3.05) is 10.6 Å². The molecule has 1 rings (SSSR count). The first-order chi connectivity index (χ1) is 7.65. The minimum Gasteiger partial charge on any atom is -0.310 e. The van der Waals surface area contributed by atoms with E-state index in [2.05, 4.69) is 42.3 Å². The van der Waals surface area contributed by atoms with Crippen LogP contribution in [0.1, 0.15) is 25.7 Å². The van der Waals surface area contributed by atoms with Gasteiger partial charge in [0.1, 0.15) is 5.82 Å². The first-order valence-electron chi connectivity index (χ1n) is 5.18. The van der Waals surface area contributed by atoms with E-state index in [9.17, 15) is 4.79 Å². The molecular formula is C10H15Br2N3O. The Morgan fingerprint density at radius 1 is 1.50 bits per heavy atom. The van der Waals surface area contributed by atoms with E-state index in [-0.39, 0.29) is 5.91 Å². The van der Waals surface area contributed by atoms with E-state index in [4.69, 9.17) is 0 Å². The summed E-state index contributed by atoms with van der Waals surface area (Å²) in [5.74, 6) is 0.754. The largest absolute Gasteiger partial charge is 0.310 e. The zero-order valence-electron chi connectivity index (χ0n) is 9.17. The number of anilines is 1. The number of aromatic nitrogens is 2. The molecule has 0 saturated carbocycles. The van der Waals surface area contributed by atoms with Crippen LogP contribution >= 0.6 is 31.9 Å². The van der Waals surface area contributed by atoms with Gasteiger partial charge in [0.05, 0.1) is 10.7 Å². The molecule has 1 heterocycles. The topological polar surface area (TPSA) is 46.9 Å². The number of hydrogen-bond acceptors (Lipinski definition) is 2. The molecule has 1 amide bonds. The summed E-state index contributed by atoms with van der Waals surface area (Å²) < 4.78 is 2.45. The van der Waals surface area contributed by atoms with Crippen LogP contribution < -0.4 is 5.32 Å². The van der Waals surface area contributed by atoms with Crippen LogP contribution in [0.5, 0.6) is 0 Å². The number of halogens is 2. The summed E-state index contributed by atoms with van der Waals surface area (Å²) in [5.41, 5.74) is 0. The normalized spacial score (nSPS) is 10.4. The van der Waals surface area contributed by atoms with Gasteiger partial charge in [0.25, 0.3) is 0 Å². The molecule has 0 atom stereocenters. The van der Waals surface area contributed by atoms with E-state index in [1.54, 1.807) is 17.9 Å². The molecule has 0 aromatic carbocycles. The molecule has 0 unspecified atom stereocenters. The number of amides is 1. The van der Waals surface area contributed by atoms with E-state index in [0.29, 0.717) is 12.2 Å². The second-order valence-corrected chi connectivity index (χ2v) is 5.16. The number of carbonyl (C=O) groups is 1. The molecule has 0 aliphatic heterocycles. The summed E-state index contributed by atoms with van der Waals surface area (Å²) >= 11 is 6.70. The Balaban J connectivity index is 2.34. The second kappa shape index (κ2) is 7.06. The lowest BCUT2D eigenvalue weighted by atomic mass is 10.2. The fourth-order valence-electron chi connectivity index (χ4n) is 1.30. The van der Waals surface area contributed by atoms with Crippen LogP contribution in [-0.4, -0.2) is 21.0 Å². The monoisotopic (exact) mass is 351 g/mol. The van der Waals surface area contributed by atoms with Gasteiger partial charge in [-0.25, -0.2) is 0 Å². The smallest absolute Gasteiger partial charge is 0.225 e. The van der Waals surface area contributed by atoms with Crippen molar-refractivity contribution in [3.63, 3.8) is 0 Å². The quantitative estimate of drug-likeness (QED) is 0.631. The standard InChI is InChI=1S/C10H15Br2N3O/c1-15-10(8(12)7-13-15)14-9(16)5-3-2-4-6-11/h7H,2-6H2,1H3,(H,14,16). The molecule has 0 aliphatic carbocycles. The summed E-state index contributed by atoms with van der Waals surface area (Å²) in [6, 6.07) is 0. The van der Waals surface area contributed by atoms with Crippen molar-refractivity contribution >= 4 is 43.6 Å². The summed E-state index contributed by atoms with van der Waals surface area (Å²) in [4.78, 5) is 11.6. The number of carbonyl (C=O) groups excluding carboxylic acids is 1. The van der Waals surface area contributed by atoms with Gasteiger partial charge in [-0.3, -0.25) is 9.48 Å². The summed E-state index contributed by atoms with van der Waals surface area (Å²) in [5, 5.41) is 7.87. The molecular weight excluding hydrogens is 338 g/mol. The van der Waals surface area contributed by atoms with Crippen molar-refractivity contribution in [2.45, 2.75) is 25.7 Å². The van der Waals surface area contributed by atoms with Crippen LogP contribution in [-0.2, 0) is 11.8 Å². The first-order valence-corrected chi connectivity index (χ1v) is 7.10. The zero-order chi connectivity index (χ0) is 12.0. The molecule has 4 nitrogen and oxygen atoms in total. The lowest BCUT2D eigenvalue weighted by Crippen LogP contribution is -2.14. The van der Waals surface area contributed by atoms with Gasteiger partial charge >= 0.3 is 0 Å². The van der Waals surface area contributed by atoms with E-state index >= 15 is 0 Å². The minimum atomic E-state index is 0.0406. The first kappa shape index (κ1) is 13.7. The van der Waals surface area contributed by atoms with Gasteiger partial charge in [0, 0.05) is 18.8 Å². The summed E-state index contributed by atoms with van der Waals surface area (Å²) in [7, 11) is 1.80. The maximum Gasteiger partial charge on any atom is 0.225 e. The van der Waals surface area contributed by atoms with Crippen LogP contribution in [0.25, 0.3) is 0 Å². The van der Waals surface area contributed by atoms with Gasteiger partial charge in [-0.15, -0.1) is 0 Å². The zero-order valence-corrected chi connectivity index (χ0v) is 12.3. The molecule has 1 aromatic heterocycles. The van der Waals surface area contributed by atoms with Crippen LogP contribution in [0.2, 0.25) is 0 Å². The predicted molar refractivity (Wildman–Crippen MR) is 71.8 cm³/mol. The number of alkyl halides is 1. The van der Waals surface area contributed by atoms with Gasteiger partial charge in [-0.2, -0.15) is 5.10 Å². The molecule has 1 aromatic rings. The molecule has 1 N–H and O–H groups in total. The Bertz CT molecular complexity index is 332. The second-order valence-electron chi connectivity index (χ2n) is 3.51. The summed E-state index contributed by atoms with van der Waals surface area (Å²) in [6.07, 6.45) is 5.34. The predicted octanol–water partition coefficient (Wildman–Crippen LogP) is 3.08. The molecule has 16 heavy (non-hydrogen) atoms. The SMILES string of the molecule is Cn1ncc(Br)c1NC(=O)CCCCCBr. The number of hydrogen-bond donors (Lipinski definition) is 1. The Hall–Kier alpha value is -0.360. The third kappa shape index (κ3) is 4.25. The average Bonchev–Trinajstić information content (AvgIpc) is 2.56. The maximum atomic E-state index is 11.6. The maximum absolute atomic E-state index is 11.6. The van der Waals surface area contributed by atoms with Crippen molar-refractivity contribution in [2.24, 2.45) is 7.05 Å². The van der Waals surface area contributed by atoms with E-state index < -0.39 is 0 Å². The molecule has 0 bridgehead atoms. The van der Waals surface area contributed by atoms with Gasteiger partial charge in [-0.05, 0) is 28.8 Å². The molecule has 0 radical (unpaired) electrons. The highest BCUT2D eigenvalue weighted by atomic mass is 79.9. The van der Waals surface area contributed by atoms with Crippen LogP contribution in [0.15, 0.2) is 10.7 Å². The molecule has 0 saturated heterocycles. The summed E-state index contributed by atoms with van der Waals surface area (Å²) in [6.45, 7) is 0. The lowest BCUT2D eigenvalue weighted by molar-refractivity contribution is -0.116. The van der Waals surface area contributed by atoms with Gasteiger partial charge < -0.3 is 5.32 Å². The van der Waals surface area contributed by atoms with E-state index in [1.807, 2.05) is 0 Å². The van der Waals surface area contributed by atoms with Gasteiger partial charge in [0.15, 0.2) is 0 Å². The fourth-order valence-corrected chi connectivity index (χ4v) is 2.15. The molecule has 0 fully saturated rings. The van der Waals surface area contributed by atoms with Crippen LogP contribution in [0, 0.1) is 0 Å². The highest BCUT2D eigenvalue weighted by Crippen LogP contribution is 2.20. The Kier molecular flexibility index (Phi) is 6.05. The van der Waals surface area contributed by atoms with Crippen LogP contribution in [0.4, 0.5) is 5.82 Å². The number of rotatable bonds is 6. The van der Waals surface area contributed by atoms with Crippen LogP contribution in [0.3, 0.4) is 0 Å². The van der Waals surface area contributed by atoms with Crippen molar-refractivity contribution in [1.82, 2.24) is 9.78 Å². The third-order valence-electron chi connectivity index (χ3n) is 2.19. The molecule has 90 valence electrons. The number of unbranched alkanes of at least 4 members (excludes halogenated alkanes) is 2. The van der Waals surface area contributed by atoms with Gasteiger partial charge in [-0.1, -0.05) is 22.4 Å². The number of aryl methyl sites for hydroxylation is 1. The Labute approximate surface area is 112 Å². The number of nitrogens with zero attached hydrogens (tertiary/aromatic N) is 2. The Morgan fingerprint density at radius 3 is 2.81 bits per heavy atom. The van der Waals surface area contributed by atoms with E-state index in [0.717, 1.165) is 29.1 Å². The highest BCUT2D eigenvalue weighted by Gasteiger charge is 2.09. The molecule has 0 aliphatic rings. The number of nitrogens with one attached hydrogen (secondary N) is 1. The minimum absolute atomic E-state index is 0.0406. The average molecular weight is 353 g/mol. The van der Waals surface area contributed by atoms with Gasteiger partial charge in [0.2, 0.25) is 5.91 Å². The van der Waals surface area contributed by atoms with Crippen molar-refractivity contribution < 1.29 is 4.79 Å². The van der Waals surface area contributed by atoms with Crippen molar-refractivity contribution in [3.05, 3.63) is 10.7 Å². The van der Waals surface area contributed by atoms with Crippen molar-refractivity contribution in [1.29, 1.82) is 0 Å². The lowest BCUT2D eigenvalue weighted by Gasteiger charge is -2.05. The third-order valence-corrected chi connectivity index (χ3v) is 3.33. The van der Waals surface area contributed by atoms with E-state index in [1.165, 1.54) is 0 Å². The fraction of sp³-hybridized carbons (Fsp3) is 0.600. The Morgan fingerprint density at radius 2 is 2.25 bits per heavy atom. The highest BCUT2D eigenvalue weighted by molar-refractivity contribution is 9.10. The molecule has 0 spiro atoms. The van der Waals surface area contributed by atoms with Crippen molar-refractivity contribution in [3.8, 4) is 0 Å². The molecule has 6 heteroatoms.